The van der Waals surface area contributed by atoms with Gasteiger partial charge in [-0.1, -0.05) is 43.3 Å². The zero-order chi connectivity index (χ0) is 23.8. The van der Waals surface area contributed by atoms with Crippen LogP contribution in [0, 0.1) is 0 Å². The molecule has 1 unspecified atom stereocenters. The SMILES string of the molecule is CCC(C)N(CC(=O)N(CCOC)Cc1cccn1C)C(=O)Nc1cccc2ccccc12. The fourth-order valence-electron chi connectivity index (χ4n) is 3.77. The first kappa shape index (κ1) is 24.3. The first-order chi connectivity index (χ1) is 15.9. The van der Waals surface area contributed by atoms with E-state index >= 15 is 0 Å². The predicted molar refractivity (Wildman–Crippen MR) is 132 cm³/mol. The Labute approximate surface area is 195 Å². The largest absolute Gasteiger partial charge is 0.383 e. The molecular weight excluding hydrogens is 416 g/mol. The van der Waals surface area contributed by atoms with E-state index in [1.54, 1.807) is 16.9 Å². The second kappa shape index (κ2) is 11.5. The summed E-state index contributed by atoms with van der Waals surface area (Å²) in [7, 11) is 3.58. The lowest BCUT2D eigenvalue weighted by Gasteiger charge is -2.31. The molecule has 2 aromatic carbocycles. The number of urea groups is 1. The van der Waals surface area contributed by atoms with Crippen LogP contribution in [-0.4, -0.2) is 59.2 Å². The van der Waals surface area contributed by atoms with E-state index in [0.29, 0.717) is 19.7 Å². The number of methoxy groups -OCH3 is 1. The number of carbonyl (C=O) groups excluding carboxylic acids is 2. The smallest absolute Gasteiger partial charge is 0.322 e. The molecule has 0 saturated heterocycles. The van der Waals surface area contributed by atoms with Crippen molar-refractivity contribution in [3.8, 4) is 0 Å². The van der Waals surface area contributed by atoms with Gasteiger partial charge in [-0.15, -0.1) is 0 Å². The monoisotopic (exact) mass is 450 g/mol. The van der Waals surface area contributed by atoms with Crippen molar-refractivity contribution >= 4 is 28.4 Å². The Bertz CT molecular complexity index is 1070. The highest BCUT2D eigenvalue weighted by Crippen LogP contribution is 2.23. The topological polar surface area (TPSA) is 66.8 Å². The Balaban J connectivity index is 1.78. The Kier molecular flexibility index (Phi) is 8.49. The van der Waals surface area contributed by atoms with Crippen LogP contribution in [0.1, 0.15) is 26.0 Å². The minimum atomic E-state index is -0.278. The molecule has 3 amide bonds. The van der Waals surface area contributed by atoms with Gasteiger partial charge in [0.05, 0.1) is 18.8 Å². The number of ether oxygens (including phenoxy) is 1. The van der Waals surface area contributed by atoms with Crippen molar-refractivity contribution in [2.24, 2.45) is 7.05 Å². The molecule has 0 aliphatic heterocycles. The summed E-state index contributed by atoms with van der Waals surface area (Å²) < 4.78 is 7.21. The number of fused-ring (bicyclic) bond motifs is 1. The molecule has 7 nitrogen and oxygen atoms in total. The standard InChI is InChI=1S/C26H34N4O3/c1-5-20(2)30(26(32)27-24-14-8-11-21-10-6-7-13-23(21)24)19-25(31)29(16-17-33-4)18-22-12-9-15-28(22)3/h6-15,20H,5,16-19H2,1-4H3,(H,27,32). The number of amides is 3. The molecule has 1 atom stereocenters. The van der Waals surface area contributed by atoms with Crippen molar-refractivity contribution < 1.29 is 14.3 Å². The number of benzene rings is 2. The highest BCUT2D eigenvalue weighted by atomic mass is 16.5. The van der Waals surface area contributed by atoms with E-state index in [9.17, 15) is 9.59 Å². The predicted octanol–water partition coefficient (Wildman–Crippen LogP) is 4.49. The molecule has 0 aliphatic carbocycles. The van der Waals surface area contributed by atoms with Crippen LogP contribution >= 0.6 is 0 Å². The van der Waals surface area contributed by atoms with Crippen LogP contribution in [0.3, 0.4) is 0 Å². The minimum absolute atomic E-state index is 0.000255. The first-order valence-electron chi connectivity index (χ1n) is 11.4. The quantitative estimate of drug-likeness (QED) is 0.495. The molecule has 3 rings (SSSR count). The van der Waals surface area contributed by atoms with Crippen molar-refractivity contribution in [1.29, 1.82) is 0 Å². The zero-order valence-corrected chi connectivity index (χ0v) is 20.0. The lowest BCUT2D eigenvalue weighted by Crippen LogP contribution is -2.48. The average molecular weight is 451 g/mol. The fourth-order valence-corrected chi connectivity index (χ4v) is 3.77. The normalized spacial score (nSPS) is 11.9. The summed E-state index contributed by atoms with van der Waals surface area (Å²) in [6.07, 6.45) is 2.70. The van der Waals surface area contributed by atoms with Crippen molar-refractivity contribution in [2.75, 3.05) is 32.1 Å². The number of carbonyl (C=O) groups is 2. The van der Waals surface area contributed by atoms with Gasteiger partial charge in [-0.2, -0.15) is 0 Å². The van der Waals surface area contributed by atoms with Gasteiger partial charge in [-0.25, -0.2) is 4.79 Å². The molecule has 0 spiro atoms. The third-order valence-corrected chi connectivity index (χ3v) is 6.04. The van der Waals surface area contributed by atoms with Gasteiger partial charge in [0, 0.05) is 44.0 Å². The van der Waals surface area contributed by atoms with E-state index in [-0.39, 0.29) is 24.5 Å². The third-order valence-electron chi connectivity index (χ3n) is 6.04. The summed E-state index contributed by atoms with van der Waals surface area (Å²) >= 11 is 0. The summed E-state index contributed by atoms with van der Waals surface area (Å²) in [6.45, 7) is 5.33. The molecule has 0 aliphatic rings. The number of nitrogens with zero attached hydrogens (tertiary/aromatic N) is 3. The van der Waals surface area contributed by atoms with Crippen LogP contribution in [0.5, 0.6) is 0 Å². The van der Waals surface area contributed by atoms with Crippen LogP contribution in [0.4, 0.5) is 10.5 Å². The van der Waals surface area contributed by atoms with Gasteiger partial charge >= 0.3 is 6.03 Å². The summed E-state index contributed by atoms with van der Waals surface area (Å²) in [5, 5.41) is 5.05. The van der Waals surface area contributed by atoms with Crippen LogP contribution in [0.25, 0.3) is 10.8 Å². The molecule has 1 N–H and O–H groups in total. The molecule has 33 heavy (non-hydrogen) atoms. The number of hydrogen-bond acceptors (Lipinski definition) is 3. The van der Waals surface area contributed by atoms with Gasteiger partial charge in [0.25, 0.3) is 0 Å². The molecular formula is C26H34N4O3. The highest BCUT2D eigenvalue weighted by molar-refractivity contribution is 6.02. The summed E-state index contributed by atoms with van der Waals surface area (Å²) in [5.41, 5.74) is 1.76. The number of hydrogen-bond donors (Lipinski definition) is 1. The molecule has 1 aromatic heterocycles. The third kappa shape index (κ3) is 6.14. The van der Waals surface area contributed by atoms with E-state index in [0.717, 1.165) is 28.6 Å². The minimum Gasteiger partial charge on any atom is -0.383 e. The van der Waals surface area contributed by atoms with Gasteiger partial charge in [0.15, 0.2) is 0 Å². The Morgan fingerprint density at radius 3 is 2.55 bits per heavy atom. The molecule has 0 radical (unpaired) electrons. The number of anilines is 1. The molecule has 176 valence electrons. The maximum Gasteiger partial charge on any atom is 0.322 e. The second-order valence-electron chi connectivity index (χ2n) is 8.26. The van der Waals surface area contributed by atoms with Gasteiger partial charge in [0.2, 0.25) is 5.91 Å². The maximum absolute atomic E-state index is 13.3. The lowest BCUT2D eigenvalue weighted by molar-refractivity contribution is -0.133. The van der Waals surface area contributed by atoms with E-state index in [1.807, 2.05) is 86.3 Å². The van der Waals surface area contributed by atoms with Gasteiger partial charge < -0.3 is 24.4 Å². The van der Waals surface area contributed by atoms with E-state index in [1.165, 1.54) is 0 Å². The number of aromatic nitrogens is 1. The van der Waals surface area contributed by atoms with Crippen molar-refractivity contribution in [3.05, 3.63) is 66.5 Å². The van der Waals surface area contributed by atoms with Gasteiger partial charge in [-0.3, -0.25) is 4.79 Å². The Hall–Kier alpha value is -3.32. The van der Waals surface area contributed by atoms with Gasteiger partial charge in [-0.05, 0) is 36.9 Å². The summed E-state index contributed by atoms with van der Waals surface area (Å²) in [6, 6.07) is 17.3. The van der Waals surface area contributed by atoms with Crippen LogP contribution < -0.4 is 5.32 Å². The van der Waals surface area contributed by atoms with E-state index in [2.05, 4.69) is 5.32 Å². The second-order valence-corrected chi connectivity index (χ2v) is 8.26. The van der Waals surface area contributed by atoms with Crippen LogP contribution in [0.15, 0.2) is 60.8 Å². The van der Waals surface area contributed by atoms with Gasteiger partial charge in [0.1, 0.15) is 6.54 Å². The molecule has 0 fully saturated rings. The average Bonchev–Trinajstić information content (AvgIpc) is 3.23. The van der Waals surface area contributed by atoms with Crippen LogP contribution in [0.2, 0.25) is 0 Å². The number of aryl methyl sites for hydroxylation is 1. The molecule has 0 bridgehead atoms. The molecule has 0 saturated carbocycles. The number of nitrogens with one attached hydrogen (secondary N) is 1. The zero-order valence-electron chi connectivity index (χ0n) is 20.0. The molecule has 7 heteroatoms. The maximum atomic E-state index is 13.3. The van der Waals surface area contributed by atoms with E-state index < -0.39 is 0 Å². The van der Waals surface area contributed by atoms with Crippen molar-refractivity contribution in [1.82, 2.24) is 14.4 Å². The molecule has 1 heterocycles. The summed E-state index contributed by atoms with van der Waals surface area (Å²) in [4.78, 5) is 30.0. The number of rotatable bonds is 10. The lowest BCUT2D eigenvalue weighted by atomic mass is 10.1. The highest BCUT2D eigenvalue weighted by Gasteiger charge is 2.25. The summed E-state index contributed by atoms with van der Waals surface area (Å²) in [5.74, 6) is -0.110. The molecule has 3 aromatic rings. The fraction of sp³-hybridized carbons (Fsp3) is 0.385. The van der Waals surface area contributed by atoms with Crippen molar-refractivity contribution in [2.45, 2.75) is 32.9 Å². The first-order valence-corrected chi connectivity index (χ1v) is 11.4. The van der Waals surface area contributed by atoms with Crippen LogP contribution in [-0.2, 0) is 23.1 Å². The van der Waals surface area contributed by atoms with Crippen molar-refractivity contribution in [3.63, 3.8) is 0 Å². The Morgan fingerprint density at radius 2 is 1.85 bits per heavy atom. The Morgan fingerprint density at radius 1 is 1.09 bits per heavy atom. The van der Waals surface area contributed by atoms with E-state index in [4.69, 9.17) is 4.74 Å².